The van der Waals surface area contributed by atoms with Crippen LogP contribution in [0, 0.1) is 17.8 Å². The Morgan fingerprint density at radius 3 is 2.58 bits per heavy atom. The minimum Gasteiger partial charge on any atom is -0.341 e. The van der Waals surface area contributed by atoms with E-state index in [1.54, 1.807) is 0 Å². The van der Waals surface area contributed by atoms with Crippen LogP contribution in [0.15, 0.2) is 30.3 Å². The van der Waals surface area contributed by atoms with Crippen LogP contribution in [-0.4, -0.2) is 47.9 Å². The molecule has 4 atom stereocenters. The SMILES string of the molecule is NC1C2CCC(C2)C1C(=O)N1CCCN(Cc2ccccc2)CC1. The Bertz CT molecular complexity index is 574. The third-order valence-electron chi connectivity index (χ3n) is 6.41. The van der Waals surface area contributed by atoms with E-state index in [4.69, 9.17) is 5.73 Å². The lowest BCUT2D eigenvalue weighted by Crippen LogP contribution is -2.48. The summed E-state index contributed by atoms with van der Waals surface area (Å²) in [4.78, 5) is 17.6. The van der Waals surface area contributed by atoms with Gasteiger partial charge in [-0.2, -0.15) is 0 Å². The smallest absolute Gasteiger partial charge is 0.227 e. The van der Waals surface area contributed by atoms with E-state index in [-0.39, 0.29) is 12.0 Å². The van der Waals surface area contributed by atoms with E-state index in [1.165, 1.54) is 24.8 Å². The second-order valence-electron chi connectivity index (χ2n) is 7.88. The molecule has 2 saturated carbocycles. The second-order valence-corrected chi connectivity index (χ2v) is 7.88. The molecule has 130 valence electrons. The highest BCUT2D eigenvalue weighted by atomic mass is 16.2. The lowest BCUT2D eigenvalue weighted by molar-refractivity contribution is -0.137. The van der Waals surface area contributed by atoms with E-state index in [0.717, 1.165) is 39.1 Å². The molecule has 3 aliphatic rings. The number of carbonyl (C=O) groups excluding carboxylic acids is 1. The summed E-state index contributed by atoms with van der Waals surface area (Å²) >= 11 is 0. The van der Waals surface area contributed by atoms with Crippen molar-refractivity contribution in [3.8, 4) is 0 Å². The fourth-order valence-electron chi connectivity index (χ4n) is 5.10. The zero-order valence-electron chi connectivity index (χ0n) is 14.4. The third kappa shape index (κ3) is 3.09. The molecule has 1 saturated heterocycles. The van der Waals surface area contributed by atoms with Gasteiger partial charge in [0.05, 0.1) is 5.92 Å². The first-order chi connectivity index (χ1) is 11.7. The molecule has 0 aromatic heterocycles. The zero-order chi connectivity index (χ0) is 16.5. The van der Waals surface area contributed by atoms with Crippen LogP contribution in [0.5, 0.6) is 0 Å². The van der Waals surface area contributed by atoms with Gasteiger partial charge in [0.15, 0.2) is 0 Å². The average molecular weight is 327 g/mol. The first-order valence-electron chi connectivity index (χ1n) is 9.53. The van der Waals surface area contributed by atoms with Gasteiger partial charge >= 0.3 is 0 Å². The summed E-state index contributed by atoms with van der Waals surface area (Å²) in [6, 6.07) is 10.7. The highest BCUT2D eigenvalue weighted by Gasteiger charge is 2.50. The predicted molar refractivity (Wildman–Crippen MR) is 95.2 cm³/mol. The monoisotopic (exact) mass is 327 g/mol. The Kier molecular flexibility index (Phi) is 4.59. The Hall–Kier alpha value is -1.39. The van der Waals surface area contributed by atoms with Crippen LogP contribution in [-0.2, 0) is 11.3 Å². The van der Waals surface area contributed by atoms with E-state index < -0.39 is 0 Å². The lowest BCUT2D eigenvalue weighted by atomic mass is 9.84. The normalized spacial score (nSPS) is 33.6. The number of nitrogens with zero attached hydrogens (tertiary/aromatic N) is 2. The summed E-state index contributed by atoms with van der Waals surface area (Å²) in [7, 11) is 0. The molecule has 0 radical (unpaired) electrons. The van der Waals surface area contributed by atoms with Gasteiger partial charge in [0.2, 0.25) is 5.91 Å². The molecule has 4 unspecified atom stereocenters. The van der Waals surface area contributed by atoms with Crippen LogP contribution in [0.1, 0.15) is 31.2 Å². The van der Waals surface area contributed by atoms with E-state index in [9.17, 15) is 4.79 Å². The van der Waals surface area contributed by atoms with Crippen LogP contribution >= 0.6 is 0 Å². The van der Waals surface area contributed by atoms with Crippen molar-refractivity contribution in [2.45, 2.75) is 38.3 Å². The van der Waals surface area contributed by atoms with Crippen molar-refractivity contribution in [1.82, 2.24) is 9.80 Å². The van der Waals surface area contributed by atoms with Crippen molar-refractivity contribution in [2.75, 3.05) is 26.2 Å². The predicted octanol–water partition coefficient (Wildman–Crippen LogP) is 2.09. The Balaban J connectivity index is 1.35. The number of carbonyl (C=O) groups is 1. The zero-order valence-corrected chi connectivity index (χ0v) is 14.4. The Morgan fingerprint density at radius 1 is 1.04 bits per heavy atom. The van der Waals surface area contributed by atoms with Crippen molar-refractivity contribution < 1.29 is 4.79 Å². The summed E-state index contributed by atoms with van der Waals surface area (Å²) in [5.74, 6) is 1.60. The van der Waals surface area contributed by atoms with Gasteiger partial charge in [-0.25, -0.2) is 0 Å². The van der Waals surface area contributed by atoms with Gasteiger partial charge in [-0.05, 0) is 43.1 Å². The van der Waals surface area contributed by atoms with Crippen molar-refractivity contribution in [1.29, 1.82) is 0 Å². The highest BCUT2D eigenvalue weighted by molar-refractivity contribution is 5.80. The quantitative estimate of drug-likeness (QED) is 0.925. The number of rotatable bonds is 3. The number of amides is 1. The standard InChI is InChI=1S/C20H29N3O/c21-19-17-8-7-16(13-17)18(19)20(24)23-10-4-9-22(11-12-23)14-15-5-2-1-3-6-15/h1-3,5-6,16-19H,4,7-14,21H2. The van der Waals surface area contributed by atoms with Gasteiger partial charge in [0.1, 0.15) is 0 Å². The summed E-state index contributed by atoms with van der Waals surface area (Å²) < 4.78 is 0. The van der Waals surface area contributed by atoms with Crippen LogP contribution in [0.2, 0.25) is 0 Å². The second kappa shape index (κ2) is 6.85. The van der Waals surface area contributed by atoms with Crippen LogP contribution in [0.25, 0.3) is 0 Å². The molecule has 4 rings (SSSR count). The van der Waals surface area contributed by atoms with E-state index in [1.807, 2.05) is 0 Å². The van der Waals surface area contributed by atoms with E-state index in [2.05, 4.69) is 40.1 Å². The maximum absolute atomic E-state index is 13.0. The van der Waals surface area contributed by atoms with Crippen LogP contribution in [0.3, 0.4) is 0 Å². The maximum atomic E-state index is 13.0. The molecule has 1 aromatic carbocycles. The molecular formula is C20H29N3O. The number of nitrogens with two attached hydrogens (primary N) is 1. The number of hydrogen-bond donors (Lipinski definition) is 1. The average Bonchev–Trinajstić information content (AvgIpc) is 3.10. The highest BCUT2D eigenvalue weighted by Crippen LogP contribution is 2.48. The summed E-state index contributed by atoms with van der Waals surface area (Å²) in [5.41, 5.74) is 7.74. The largest absolute Gasteiger partial charge is 0.341 e. The van der Waals surface area contributed by atoms with Gasteiger partial charge in [-0.15, -0.1) is 0 Å². The van der Waals surface area contributed by atoms with Gasteiger partial charge in [0.25, 0.3) is 0 Å². The lowest BCUT2D eigenvalue weighted by Gasteiger charge is -2.32. The van der Waals surface area contributed by atoms with E-state index >= 15 is 0 Å². The summed E-state index contributed by atoms with van der Waals surface area (Å²) in [5, 5.41) is 0. The Morgan fingerprint density at radius 2 is 1.83 bits per heavy atom. The molecular weight excluding hydrogens is 298 g/mol. The first kappa shape index (κ1) is 16.1. The van der Waals surface area contributed by atoms with Gasteiger partial charge < -0.3 is 10.6 Å². The molecule has 2 bridgehead atoms. The van der Waals surface area contributed by atoms with Crippen LogP contribution in [0.4, 0.5) is 0 Å². The molecule has 24 heavy (non-hydrogen) atoms. The number of benzene rings is 1. The van der Waals surface area contributed by atoms with Crippen molar-refractivity contribution >= 4 is 5.91 Å². The van der Waals surface area contributed by atoms with Crippen molar-refractivity contribution in [3.63, 3.8) is 0 Å². The molecule has 4 heteroatoms. The topological polar surface area (TPSA) is 49.6 Å². The molecule has 1 aromatic rings. The summed E-state index contributed by atoms with van der Waals surface area (Å²) in [6.07, 6.45) is 4.70. The summed E-state index contributed by atoms with van der Waals surface area (Å²) in [6.45, 7) is 4.77. The van der Waals surface area contributed by atoms with Gasteiger partial charge in [0, 0.05) is 38.8 Å². The Labute approximate surface area is 145 Å². The van der Waals surface area contributed by atoms with Crippen LogP contribution < -0.4 is 5.73 Å². The van der Waals surface area contributed by atoms with Gasteiger partial charge in [-0.3, -0.25) is 9.69 Å². The molecule has 0 spiro atoms. The molecule has 1 heterocycles. The maximum Gasteiger partial charge on any atom is 0.227 e. The van der Waals surface area contributed by atoms with Crippen molar-refractivity contribution in [3.05, 3.63) is 35.9 Å². The minimum atomic E-state index is 0.101. The molecule has 2 aliphatic carbocycles. The van der Waals surface area contributed by atoms with E-state index in [0.29, 0.717) is 17.7 Å². The molecule has 1 aliphatic heterocycles. The van der Waals surface area contributed by atoms with Crippen molar-refractivity contribution in [2.24, 2.45) is 23.5 Å². The first-order valence-corrected chi connectivity index (χ1v) is 9.53. The molecule has 1 amide bonds. The fraction of sp³-hybridized carbons (Fsp3) is 0.650. The van der Waals surface area contributed by atoms with Gasteiger partial charge in [-0.1, -0.05) is 30.3 Å². The molecule has 4 nitrogen and oxygen atoms in total. The fourth-order valence-corrected chi connectivity index (χ4v) is 5.10. The number of fused-ring (bicyclic) bond motifs is 2. The molecule has 3 fully saturated rings. The minimum absolute atomic E-state index is 0.101. The third-order valence-corrected chi connectivity index (χ3v) is 6.41. The number of hydrogen-bond acceptors (Lipinski definition) is 3. The molecule has 2 N–H and O–H groups in total.